The largest absolute Gasteiger partial charge is 0.385 e. The van der Waals surface area contributed by atoms with Crippen LogP contribution >= 0.6 is 0 Å². The van der Waals surface area contributed by atoms with Crippen molar-refractivity contribution in [2.75, 3.05) is 20.8 Å². The molecule has 0 amide bonds. The molecule has 1 N–H and O–H groups in total. The summed E-state index contributed by atoms with van der Waals surface area (Å²) in [6, 6.07) is 11.2. The van der Waals surface area contributed by atoms with Gasteiger partial charge in [0.15, 0.2) is 0 Å². The predicted octanol–water partition coefficient (Wildman–Crippen LogP) is 3.54. The Morgan fingerprint density at radius 3 is 2.41 bits per heavy atom. The molecule has 0 aliphatic rings. The summed E-state index contributed by atoms with van der Waals surface area (Å²) in [5.41, 5.74) is 1.40. The van der Waals surface area contributed by atoms with Gasteiger partial charge in [-0.25, -0.2) is 0 Å². The second kappa shape index (κ2) is 9.20. The Balaban J connectivity index is 2.20. The summed E-state index contributed by atoms with van der Waals surface area (Å²) >= 11 is 0. The minimum atomic E-state index is 0.499. The van der Waals surface area contributed by atoms with Crippen LogP contribution in [-0.2, 0) is 4.74 Å². The first-order valence-corrected chi connectivity index (χ1v) is 6.59. The van der Waals surface area contributed by atoms with Crippen LogP contribution in [0.2, 0.25) is 0 Å². The van der Waals surface area contributed by atoms with Crippen LogP contribution in [0.25, 0.3) is 0 Å². The topological polar surface area (TPSA) is 21.3 Å². The molecule has 1 atom stereocenters. The van der Waals surface area contributed by atoms with Gasteiger partial charge in [0.05, 0.1) is 0 Å². The van der Waals surface area contributed by atoms with Crippen LogP contribution < -0.4 is 5.32 Å². The van der Waals surface area contributed by atoms with Crippen LogP contribution in [0.5, 0.6) is 0 Å². The third-order valence-corrected chi connectivity index (χ3v) is 3.14. The number of ether oxygens (including phenoxy) is 1. The molecular formula is C15H25NO. The summed E-state index contributed by atoms with van der Waals surface area (Å²) in [7, 11) is 3.81. The normalized spacial score (nSPS) is 12.6. The van der Waals surface area contributed by atoms with Gasteiger partial charge in [0, 0.05) is 19.8 Å². The lowest BCUT2D eigenvalue weighted by Crippen LogP contribution is -2.16. The maximum absolute atomic E-state index is 5.05. The van der Waals surface area contributed by atoms with Gasteiger partial charge in [-0.2, -0.15) is 0 Å². The first-order valence-electron chi connectivity index (χ1n) is 6.59. The highest BCUT2D eigenvalue weighted by atomic mass is 16.5. The quantitative estimate of drug-likeness (QED) is 0.661. The fraction of sp³-hybridized carbons (Fsp3) is 0.600. The predicted molar refractivity (Wildman–Crippen MR) is 73.2 cm³/mol. The van der Waals surface area contributed by atoms with Crippen molar-refractivity contribution < 1.29 is 4.74 Å². The molecule has 0 aliphatic heterocycles. The van der Waals surface area contributed by atoms with Crippen LogP contribution in [0.15, 0.2) is 30.3 Å². The lowest BCUT2D eigenvalue weighted by molar-refractivity contribution is 0.192. The smallest absolute Gasteiger partial charge is 0.0462 e. The lowest BCUT2D eigenvalue weighted by atomic mass is 10.0. The fourth-order valence-electron chi connectivity index (χ4n) is 2.11. The van der Waals surface area contributed by atoms with E-state index in [1.807, 2.05) is 7.05 Å². The van der Waals surface area contributed by atoms with E-state index in [9.17, 15) is 0 Å². The second-order valence-corrected chi connectivity index (χ2v) is 4.45. The summed E-state index contributed by atoms with van der Waals surface area (Å²) in [5, 5.41) is 3.40. The molecule has 1 aromatic rings. The standard InChI is InChI=1S/C15H25NO/c1-16-15(14-10-6-5-7-11-14)12-8-3-4-9-13-17-2/h5-7,10-11,15-16H,3-4,8-9,12-13H2,1-2H3. The van der Waals surface area contributed by atoms with Crippen molar-refractivity contribution in [2.45, 2.75) is 38.1 Å². The molecule has 0 radical (unpaired) electrons. The van der Waals surface area contributed by atoms with Crippen LogP contribution in [-0.4, -0.2) is 20.8 Å². The molecule has 1 rings (SSSR count). The number of nitrogens with one attached hydrogen (secondary N) is 1. The Morgan fingerprint density at radius 2 is 1.76 bits per heavy atom. The van der Waals surface area contributed by atoms with Crippen molar-refractivity contribution in [2.24, 2.45) is 0 Å². The Hall–Kier alpha value is -0.860. The molecule has 0 saturated heterocycles. The van der Waals surface area contributed by atoms with Gasteiger partial charge in [0.25, 0.3) is 0 Å². The number of unbranched alkanes of at least 4 members (excludes halogenated alkanes) is 3. The molecule has 0 aliphatic carbocycles. The zero-order valence-electron chi connectivity index (χ0n) is 11.1. The zero-order valence-corrected chi connectivity index (χ0v) is 11.1. The van der Waals surface area contributed by atoms with Crippen molar-refractivity contribution in [1.82, 2.24) is 5.32 Å². The molecule has 0 bridgehead atoms. The summed E-state index contributed by atoms with van der Waals surface area (Å²) in [5.74, 6) is 0. The van der Waals surface area contributed by atoms with Crippen LogP contribution in [0, 0.1) is 0 Å². The van der Waals surface area contributed by atoms with E-state index < -0.39 is 0 Å². The van der Waals surface area contributed by atoms with Gasteiger partial charge in [-0.05, 0) is 25.5 Å². The Bertz CT molecular complexity index is 274. The van der Waals surface area contributed by atoms with Crippen molar-refractivity contribution in [1.29, 1.82) is 0 Å². The highest BCUT2D eigenvalue weighted by molar-refractivity contribution is 5.18. The Kier molecular flexibility index (Phi) is 7.69. The second-order valence-electron chi connectivity index (χ2n) is 4.45. The molecule has 0 saturated carbocycles. The Morgan fingerprint density at radius 1 is 1.06 bits per heavy atom. The van der Waals surface area contributed by atoms with E-state index in [2.05, 4.69) is 35.6 Å². The highest BCUT2D eigenvalue weighted by Gasteiger charge is 2.07. The monoisotopic (exact) mass is 235 g/mol. The lowest BCUT2D eigenvalue weighted by Gasteiger charge is -2.16. The average Bonchev–Trinajstić information content (AvgIpc) is 2.39. The maximum Gasteiger partial charge on any atom is 0.0462 e. The number of hydrogen-bond donors (Lipinski definition) is 1. The van der Waals surface area contributed by atoms with Crippen molar-refractivity contribution in [3.63, 3.8) is 0 Å². The molecule has 17 heavy (non-hydrogen) atoms. The molecule has 96 valence electrons. The molecule has 0 heterocycles. The van der Waals surface area contributed by atoms with Gasteiger partial charge in [-0.15, -0.1) is 0 Å². The van der Waals surface area contributed by atoms with E-state index in [-0.39, 0.29) is 0 Å². The van der Waals surface area contributed by atoms with Gasteiger partial charge >= 0.3 is 0 Å². The summed E-state index contributed by atoms with van der Waals surface area (Å²) < 4.78 is 5.05. The molecule has 1 unspecified atom stereocenters. The Labute approximate surface area is 105 Å². The van der Waals surface area contributed by atoms with Crippen molar-refractivity contribution in [3.8, 4) is 0 Å². The summed E-state index contributed by atoms with van der Waals surface area (Å²) in [6.45, 7) is 0.897. The van der Waals surface area contributed by atoms with E-state index in [4.69, 9.17) is 4.74 Å². The SMILES string of the molecule is CNC(CCCCCCOC)c1ccccc1. The van der Waals surface area contributed by atoms with Crippen LogP contribution in [0.3, 0.4) is 0 Å². The summed E-state index contributed by atoms with van der Waals surface area (Å²) in [4.78, 5) is 0. The third-order valence-electron chi connectivity index (χ3n) is 3.14. The van der Waals surface area contributed by atoms with Crippen LogP contribution in [0.4, 0.5) is 0 Å². The highest BCUT2D eigenvalue weighted by Crippen LogP contribution is 2.19. The molecular weight excluding hydrogens is 210 g/mol. The van der Waals surface area contributed by atoms with Gasteiger partial charge in [0.2, 0.25) is 0 Å². The molecule has 2 heteroatoms. The van der Waals surface area contributed by atoms with Gasteiger partial charge in [-0.1, -0.05) is 49.6 Å². The average molecular weight is 235 g/mol. The number of methoxy groups -OCH3 is 1. The van der Waals surface area contributed by atoms with Gasteiger partial charge in [-0.3, -0.25) is 0 Å². The first-order chi connectivity index (χ1) is 8.38. The van der Waals surface area contributed by atoms with Gasteiger partial charge < -0.3 is 10.1 Å². The minimum absolute atomic E-state index is 0.499. The molecule has 1 aromatic carbocycles. The maximum atomic E-state index is 5.05. The molecule has 0 aromatic heterocycles. The minimum Gasteiger partial charge on any atom is -0.385 e. The zero-order chi connectivity index (χ0) is 12.3. The molecule has 0 fully saturated rings. The van der Waals surface area contributed by atoms with Crippen molar-refractivity contribution >= 4 is 0 Å². The van der Waals surface area contributed by atoms with Gasteiger partial charge in [0.1, 0.15) is 0 Å². The van der Waals surface area contributed by atoms with E-state index in [0.717, 1.165) is 6.61 Å². The van der Waals surface area contributed by atoms with E-state index in [1.54, 1.807) is 7.11 Å². The number of rotatable bonds is 9. The van der Waals surface area contributed by atoms with E-state index >= 15 is 0 Å². The molecule has 2 nitrogen and oxygen atoms in total. The third kappa shape index (κ3) is 5.85. The van der Waals surface area contributed by atoms with Crippen LogP contribution in [0.1, 0.15) is 43.7 Å². The fourth-order valence-corrected chi connectivity index (χ4v) is 2.11. The molecule has 0 spiro atoms. The number of benzene rings is 1. The van der Waals surface area contributed by atoms with E-state index in [0.29, 0.717) is 6.04 Å². The van der Waals surface area contributed by atoms with Crippen molar-refractivity contribution in [3.05, 3.63) is 35.9 Å². The number of hydrogen-bond acceptors (Lipinski definition) is 2. The van der Waals surface area contributed by atoms with E-state index in [1.165, 1.54) is 37.7 Å². The summed E-state index contributed by atoms with van der Waals surface area (Å²) in [6.07, 6.45) is 6.26. The first kappa shape index (κ1) is 14.2.